The smallest absolute Gasteiger partial charge is 0.119 e. The zero-order chi connectivity index (χ0) is 12.4. The van der Waals surface area contributed by atoms with E-state index in [2.05, 4.69) is 24.3 Å². The van der Waals surface area contributed by atoms with Crippen molar-refractivity contribution in [3.8, 4) is 5.75 Å². The Bertz CT molecular complexity index is 537. The van der Waals surface area contributed by atoms with Crippen molar-refractivity contribution in [1.82, 2.24) is 4.98 Å². The maximum Gasteiger partial charge on any atom is 0.119 e. The molecule has 2 aromatic rings. The molecule has 0 aliphatic carbocycles. The molecule has 0 aliphatic rings. The number of anilines is 1. The van der Waals surface area contributed by atoms with Gasteiger partial charge in [-0.15, -0.1) is 0 Å². The van der Waals surface area contributed by atoms with Crippen LogP contribution in [0.3, 0.4) is 0 Å². The fraction of sp³-hybridized carbons (Fsp3) is 0.308. The minimum atomic E-state index is 0.326. The number of pyridine rings is 1. The topological polar surface area (TPSA) is 60.2 Å². The van der Waals surface area contributed by atoms with Crippen LogP contribution >= 0.6 is 0 Å². The van der Waals surface area contributed by atoms with E-state index < -0.39 is 0 Å². The maximum atomic E-state index is 5.53. The number of methoxy groups -OCH3 is 1. The maximum absolute atomic E-state index is 5.53. The number of hydrazine groups is 1. The largest absolute Gasteiger partial charge is 0.497 e. The molecular formula is C13H17N3O. The summed E-state index contributed by atoms with van der Waals surface area (Å²) < 4.78 is 5.19. The van der Waals surface area contributed by atoms with E-state index in [0.29, 0.717) is 5.92 Å². The van der Waals surface area contributed by atoms with Crippen molar-refractivity contribution < 1.29 is 4.74 Å². The van der Waals surface area contributed by atoms with E-state index in [-0.39, 0.29) is 0 Å². The molecular weight excluding hydrogens is 214 g/mol. The van der Waals surface area contributed by atoms with E-state index in [4.69, 9.17) is 10.6 Å². The van der Waals surface area contributed by atoms with Crippen molar-refractivity contribution in [2.75, 3.05) is 12.5 Å². The quantitative estimate of drug-likeness (QED) is 0.629. The second-order valence-corrected chi connectivity index (χ2v) is 4.28. The summed E-state index contributed by atoms with van der Waals surface area (Å²) in [6, 6.07) is 7.82. The van der Waals surface area contributed by atoms with Crippen LogP contribution in [0, 0.1) is 0 Å². The summed E-state index contributed by atoms with van der Waals surface area (Å²) in [7, 11) is 1.65. The van der Waals surface area contributed by atoms with Gasteiger partial charge in [0, 0.05) is 5.39 Å². The number of nitrogens with two attached hydrogens (primary N) is 1. The minimum absolute atomic E-state index is 0.326. The van der Waals surface area contributed by atoms with Crippen molar-refractivity contribution in [3.63, 3.8) is 0 Å². The molecule has 1 heterocycles. The molecule has 0 fully saturated rings. The van der Waals surface area contributed by atoms with Crippen molar-refractivity contribution in [3.05, 3.63) is 30.0 Å². The van der Waals surface area contributed by atoms with Crippen molar-refractivity contribution >= 4 is 16.6 Å². The van der Waals surface area contributed by atoms with Crippen molar-refractivity contribution in [2.24, 2.45) is 5.84 Å². The molecule has 4 heteroatoms. The Morgan fingerprint density at radius 1 is 1.29 bits per heavy atom. The van der Waals surface area contributed by atoms with Gasteiger partial charge in [-0.1, -0.05) is 13.8 Å². The summed E-state index contributed by atoms with van der Waals surface area (Å²) in [6.07, 6.45) is 0. The van der Waals surface area contributed by atoms with Gasteiger partial charge in [-0.25, -0.2) is 0 Å². The van der Waals surface area contributed by atoms with E-state index in [1.54, 1.807) is 7.11 Å². The van der Waals surface area contributed by atoms with Crippen LogP contribution in [-0.4, -0.2) is 12.1 Å². The molecule has 0 radical (unpaired) electrons. The number of hydrogen-bond acceptors (Lipinski definition) is 4. The van der Waals surface area contributed by atoms with Crippen LogP contribution < -0.4 is 16.0 Å². The van der Waals surface area contributed by atoms with Gasteiger partial charge in [0.15, 0.2) is 0 Å². The standard InChI is InChI=1S/C13H17N3O/c1-8(2)13-12(16-14)7-9-6-10(17-3)4-5-11(9)15-13/h4-8,16H,14H2,1-3H3. The van der Waals surface area contributed by atoms with Crippen LogP contribution in [0.2, 0.25) is 0 Å². The Labute approximate surface area is 101 Å². The molecule has 2 rings (SSSR count). The number of rotatable bonds is 3. The zero-order valence-electron chi connectivity index (χ0n) is 10.3. The van der Waals surface area contributed by atoms with Crippen LogP contribution in [0.5, 0.6) is 5.75 Å². The lowest BCUT2D eigenvalue weighted by molar-refractivity contribution is 0.415. The van der Waals surface area contributed by atoms with E-state index in [1.165, 1.54) is 0 Å². The molecule has 0 atom stereocenters. The number of ether oxygens (including phenoxy) is 1. The summed E-state index contributed by atoms with van der Waals surface area (Å²) in [5, 5.41) is 1.02. The molecule has 0 saturated carbocycles. The molecule has 3 N–H and O–H groups in total. The second kappa shape index (κ2) is 4.59. The van der Waals surface area contributed by atoms with Crippen molar-refractivity contribution in [1.29, 1.82) is 0 Å². The van der Waals surface area contributed by atoms with E-state index in [9.17, 15) is 0 Å². The molecule has 0 unspecified atom stereocenters. The third-order valence-electron chi connectivity index (χ3n) is 2.75. The highest BCUT2D eigenvalue weighted by Gasteiger charge is 2.10. The number of nitrogens with zero attached hydrogens (tertiary/aromatic N) is 1. The second-order valence-electron chi connectivity index (χ2n) is 4.28. The highest BCUT2D eigenvalue weighted by molar-refractivity contribution is 5.84. The van der Waals surface area contributed by atoms with Gasteiger partial charge in [0.2, 0.25) is 0 Å². The lowest BCUT2D eigenvalue weighted by Crippen LogP contribution is -2.11. The van der Waals surface area contributed by atoms with Gasteiger partial charge in [-0.2, -0.15) is 0 Å². The van der Waals surface area contributed by atoms with Gasteiger partial charge in [0.1, 0.15) is 5.75 Å². The molecule has 0 bridgehead atoms. The third kappa shape index (κ3) is 2.17. The first-order chi connectivity index (χ1) is 8.15. The highest BCUT2D eigenvalue weighted by Crippen LogP contribution is 2.28. The predicted molar refractivity (Wildman–Crippen MR) is 70.2 cm³/mol. The zero-order valence-corrected chi connectivity index (χ0v) is 10.3. The molecule has 1 aromatic heterocycles. The predicted octanol–water partition coefficient (Wildman–Crippen LogP) is 2.65. The SMILES string of the molecule is COc1ccc2nc(C(C)C)c(NN)cc2c1. The Balaban J connectivity index is 2.65. The molecule has 4 nitrogen and oxygen atoms in total. The Morgan fingerprint density at radius 2 is 2.06 bits per heavy atom. The van der Waals surface area contributed by atoms with Gasteiger partial charge in [0.05, 0.1) is 24.0 Å². The van der Waals surface area contributed by atoms with Crippen LogP contribution in [-0.2, 0) is 0 Å². The number of nitrogen functional groups attached to an aromatic ring is 1. The van der Waals surface area contributed by atoms with E-state index >= 15 is 0 Å². The van der Waals surface area contributed by atoms with Crippen LogP contribution in [0.4, 0.5) is 5.69 Å². The lowest BCUT2D eigenvalue weighted by Gasteiger charge is -2.13. The monoisotopic (exact) mass is 231 g/mol. The van der Waals surface area contributed by atoms with Gasteiger partial charge in [-0.05, 0) is 30.2 Å². The number of hydrogen-bond donors (Lipinski definition) is 2. The minimum Gasteiger partial charge on any atom is -0.497 e. The first-order valence-corrected chi connectivity index (χ1v) is 5.61. The summed E-state index contributed by atoms with van der Waals surface area (Å²) in [5.41, 5.74) is 5.49. The summed E-state index contributed by atoms with van der Waals surface area (Å²) in [5.74, 6) is 6.67. The average Bonchev–Trinajstić information content (AvgIpc) is 2.36. The first-order valence-electron chi connectivity index (χ1n) is 5.61. The molecule has 17 heavy (non-hydrogen) atoms. The average molecular weight is 231 g/mol. The first kappa shape index (κ1) is 11.7. The fourth-order valence-corrected chi connectivity index (χ4v) is 1.85. The molecule has 0 aliphatic heterocycles. The van der Waals surface area contributed by atoms with Gasteiger partial charge < -0.3 is 10.2 Å². The highest BCUT2D eigenvalue weighted by atomic mass is 16.5. The number of fused-ring (bicyclic) bond motifs is 1. The third-order valence-corrected chi connectivity index (χ3v) is 2.75. The molecule has 0 amide bonds. The fourth-order valence-electron chi connectivity index (χ4n) is 1.85. The Kier molecular flexibility index (Phi) is 3.15. The van der Waals surface area contributed by atoms with Gasteiger partial charge in [0.25, 0.3) is 0 Å². The Hall–Kier alpha value is -1.81. The Morgan fingerprint density at radius 3 is 2.65 bits per heavy atom. The lowest BCUT2D eigenvalue weighted by atomic mass is 10.1. The van der Waals surface area contributed by atoms with Crippen LogP contribution in [0.1, 0.15) is 25.5 Å². The van der Waals surface area contributed by atoms with Crippen LogP contribution in [0.15, 0.2) is 24.3 Å². The molecule has 0 spiro atoms. The number of benzene rings is 1. The van der Waals surface area contributed by atoms with Gasteiger partial charge >= 0.3 is 0 Å². The summed E-state index contributed by atoms with van der Waals surface area (Å²) in [4.78, 5) is 4.62. The van der Waals surface area contributed by atoms with E-state index in [0.717, 1.165) is 28.0 Å². The van der Waals surface area contributed by atoms with Gasteiger partial charge in [-0.3, -0.25) is 10.8 Å². The van der Waals surface area contributed by atoms with Crippen LogP contribution in [0.25, 0.3) is 10.9 Å². The number of nitrogens with one attached hydrogen (secondary N) is 1. The summed E-state index contributed by atoms with van der Waals surface area (Å²) in [6.45, 7) is 4.19. The normalized spacial score (nSPS) is 10.9. The van der Waals surface area contributed by atoms with Crippen molar-refractivity contribution in [2.45, 2.75) is 19.8 Å². The van der Waals surface area contributed by atoms with E-state index in [1.807, 2.05) is 24.3 Å². The molecule has 0 saturated heterocycles. The number of aromatic nitrogens is 1. The molecule has 1 aromatic carbocycles. The molecule has 90 valence electrons. The summed E-state index contributed by atoms with van der Waals surface area (Å²) >= 11 is 0.